The molecular formula is C16H24O2. The smallest absolute Gasteiger partial charge is 0.142 e. The topological polar surface area (TPSA) is 26.3 Å². The standard InChI is InChI=1S/C16H24O2/c1-5-7-16-8-6-14(17)15(3,9-12(16)2)10-13(16)11-18-4/h5,9,13H,1,6-8,10-11H2,2-4H3. The molecule has 0 aromatic rings. The van der Waals surface area contributed by atoms with Gasteiger partial charge in [0, 0.05) is 25.6 Å². The summed E-state index contributed by atoms with van der Waals surface area (Å²) in [5.41, 5.74) is 1.20. The van der Waals surface area contributed by atoms with E-state index in [0.717, 1.165) is 25.9 Å². The molecule has 2 nitrogen and oxygen atoms in total. The number of allylic oxidation sites excluding steroid dienone is 3. The van der Waals surface area contributed by atoms with Crippen LogP contribution in [0.25, 0.3) is 0 Å². The van der Waals surface area contributed by atoms with E-state index < -0.39 is 0 Å². The molecule has 0 aliphatic heterocycles. The van der Waals surface area contributed by atoms with Crippen LogP contribution in [0.3, 0.4) is 0 Å². The maximum Gasteiger partial charge on any atom is 0.142 e. The van der Waals surface area contributed by atoms with Crippen molar-refractivity contribution in [1.82, 2.24) is 0 Å². The molecule has 0 aromatic heterocycles. The van der Waals surface area contributed by atoms with Crippen LogP contribution in [0.1, 0.15) is 39.5 Å². The van der Waals surface area contributed by atoms with Gasteiger partial charge >= 0.3 is 0 Å². The summed E-state index contributed by atoms with van der Waals surface area (Å²) < 4.78 is 5.42. The first-order chi connectivity index (χ1) is 8.48. The van der Waals surface area contributed by atoms with Crippen LogP contribution >= 0.6 is 0 Å². The fourth-order valence-electron chi connectivity index (χ4n) is 4.03. The van der Waals surface area contributed by atoms with E-state index in [1.54, 1.807) is 7.11 Å². The first kappa shape index (κ1) is 13.5. The summed E-state index contributed by atoms with van der Waals surface area (Å²) >= 11 is 0. The van der Waals surface area contributed by atoms with Crippen molar-refractivity contribution >= 4 is 5.78 Å². The molecule has 3 atom stereocenters. The van der Waals surface area contributed by atoms with E-state index in [2.05, 4.69) is 26.5 Å². The Kier molecular flexibility index (Phi) is 3.50. The zero-order valence-corrected chi connectivity index (χ0v) is 11.8. The molecule has 0 spiro atoms. The number of carbonyl (C=O) groups excluding carboxylic acids is 1. The van der Waals surface area contributed by atoms with Crippen LogP contribution in [0.2, 0.25) is 0 Å². The van der Waals surface area contributed by atoms with Crippen molar-refractivity contribution in [1.29, 1.82) is 0 Å². The highest BCUT2D eigenvalue weighted by Gasteiger charge is 2.51. The number of carbonyl (C=O) groups is 1. The molecule has 2 bridgehead atoms. The third-order valence-electron chi connectivity index (χ3n) is 5.08. The maximum absolute atomic E-state index is 12.3. The summed E-state index contributed by atoms with van der Waals surface area (Å²) in [4.78, 5) is 12.3. The second-order valence-electron chi connectivity index (χ2n) is 6.17. The van der Waals surface area contributed by atoms with Gasteiger partial charge in [-0.05, 0) is 44.4 Å². The van der Waals surface area contributed by atoms with E-state index in [1.165, 1.54) is 5.57 Å². The first-order valence-electron chi connectivity index (χ1n) is 6.81. The molecule has 3 unspecified atom stereocenters. The highest BCUT2D eigenvalue weighted by molar-refractivity contribution is 5.87. The van der Waals surface area contributed by atoms with Crippen LogP contribution in [0.4, 0.5) is 0 Å². The Bertz CT molecular complexity index is 396. The molecule has 0 saturated heterocycles. The lowest BCUT2D eigenvalue weighted by atomic mass is 9.59. The molecule has 0 aromatic carbocycles. The third kappa shape index (κ3) is 1.87. The van der Waals surface area contributed by atoms with Crippen molar-refractivity contribution in [2.45, 2.75) is 39.5 Å². The van der Waals surface area contributed by atoms with Gasteiger partial charge < -0.3 is 4.74 Å². The Morgan fingerprint density at radius 3 is 2.94 bits per heavy atom. The molecule has 0 N–H and O–H groups in total. The minimum absolute atomic E-state index is 0.101. The number of ketones is 1. The van der Waals surface area contributed by atoms with Gasteiger partial charge in [0.2, 0.25) is 0 Å². The van der Waals surface area contributed by atoms with Crippen LogP contribution in [0, 0.1) is 16.7 Å². The van der Waals surface area contributed by atoms with Crippen LogP contribution in [-0.4, -0.2) is 19.5 Å². The minimum Gasteiger partial charge on any atom is -0.384 e. The summed E-state index contributed by atoms with van der Waals surface area (Å²) in [5, 5.41) is 0. The molecule has 0 heterocycles. The van der Waals surface area contributed by atoms with Crippen molar-refractivity contribution in [2.24, 2.45) is 16.7 Å². The van der Waals surface area contributed by atoms with Gasteiger partial charge in [0.25, 0.3) is 0 Å². The van der Waals surface area contributed by atoms with E-state index in [9.17, 15) is 4.79 Å². The quantitative estimate of drug-likeness (QED) is 0.711. The van der Waals surface area contributed by atoms with Crippen molar-refractivity contribution < 1.29 is 9.53 Å². The molecule has 3 aliphatic carbocycles. The second-order valence-corrected chi connectivity index (χ2v) is 6.17. The summed E-state index contributed by atoms with van der Waals surface area (Å²) in [6.45, 7) is 8.92. The minimum atomic E-state index is -0.269. The molecule has 18 heavy (non-hydrogen) atoms. The predicted octanol–water partition coefficient (Wildman–Crippen LogP) is 3.53. The molecule has 100 valence electrons. The first-order valence-corrected chi connectivity index (χ1v) is 6.81. The van der Waals surface area contributed by atoms with Gasteiger partial charge in [-0.15, -0.1) is 6.58 Å². The summed E-state index contributed by atoms with van der Waals surface area (Å²) in [7, 11) is 1.75. The third-order valence-corrected chi connectivity index (χ3v) is 5.08. The Balaban J connectivity index is 2.48. The Morgan fingerprint density at radius 1 is 1.61 bits per heavy atom. The number of Topliss-reactive ketones (excluding diaryl/α,β-unsaturated/α-hetero) is 1. The molecule has 3 aliphatic rings. The summed E-state index contributed by atoms with van der Waals surface area (Å²) in [5.74, 6) is 0.827. The second kappa shape index (κ2) is 4.65. The van der Waals surface area contributed by atoms with E-state index in [0.29, 0.717) is 18.1 Å². The van der Waals surface area contributed by atoms with Gasteiger partial charge in [-0.1, -0.05) is 17.7 Å². The number of hydrogen-bond acceptors (Lipinski definition) is 2. The van der Waals surface area contributed by atoms with E-state index in [4.69, 9.17) is 4.74 Å². The summed E-state index contributed by atoms with van der Waals surface area (Å²) in [6.07, 6.45) is 7.73. The normalized spacial score (nSPS) is 39.4. The van der Waals surface area contributed by atoms with Crippen LogP contribution in [0.15, 0.2) is 24.3 Å². The molecule has 1 fully saturated rings. The number of rotatable bonds is 4. The molecule has 0 radical (unpaired) electrons. The molecule has 1 saturated carbocycles. The lowest BCUT2D eigenvalue weighted by Gasteiger charge is -2.45. The van der Waals surface area contributed by atoms with Crippen molar-refractivity contribution in [3.63, 3.8) is 0 Å². The Morgan fingerprint density at radius 2 is 2.33 bits per heavy atom. The van der Waals surface area contributed by atoms with Gasteiger partial charge in [0.05, 0.1) is 0 Å². The average Bonchev–Trinajstić information content (AvgIpc) is 2.46. The lowest BCUT2D eigenvalue weighted by Crippen LogP contribution is -2.40. The molecule has 0 amide bonds. The van der Waals surface area contributed by atoms with Crippen LogP contribution in [0.5, 0.6) is 0 Å². The van der Waals surface area contributed by atoms with E-state index in [-0.39, 0.29) is 10.8 Å². The van der Waals surface area contributed by atoms with Gasteiger partial charge in [0.1, 0.15) is 5.78 Å². The Hall–Kier alpha value is -0.890. The monoisotopic (exact) mass is 248 g/mol. The predicted molar refractivity (Wildman–Crippen MR) is 73.3 cm³/mol. The highest BCUT2D eigenvalue weighted by atomic mass is 16.5. The zero-order chi connectivity index (χ0) is 13.4. The summed E-state index contributed by atoms with van der Waals surface area (Å²) in [6, 6.07) is 0. The average molecular weight is 248 g/mol. The van der Waals surface area contributed by atoms with Crippen molar-refractivity contribution in [3.8, 4) is 0 Å². The van der Waals surface area contributed by atoms with Crippen LogP contribution in [-0.2, 0) is 9.53 Å². The number of hydrogen-bond donors (Lipinski definition) is 0. The SMILES string of the molecule is C=CCC12CCC(=O)C(C)(C=C1C)CC2COC. The van der Waals surface area contributed by atoms with E-state index in [1.807, 2.05) is 6.08 Å². The fraction of sp³-hybridized carbons (Fsp3) is 0.688. The van der Waals surface area contributed by atoms with Crippen LogP contribution < -0.4 is 0 Å². The largest absolute Gasteiger partial charge is 0.384 e. The zero-order valence-electron chi connectivity index (χ0n) is 11.8. The molecule has 3 rings (SSSR count). The van der Waals surface area contributed by atoms with Crippen molar-refractivity contribution in [2.75, 3.05) is 13.7 Å². The molecule has 2 heteroatoms. The lowest BCUT2D eigenvalue weighted by molar-refractivity contribution is -0.125. The van der Waals surface area contributed by atoms with Gasteiger partial charge in [0.15, 0.2) is 0 Å². The van der Waals surface area contributed by atoms with Gasteiger partial charge in [-0.25, -0.2) is 0 Å². The van der Waals surface area contributed by atoms with Gasteiger partial charge in [-0.2, -0.15) is 0 Å². The van der Waals surface area contributed by atoms with Gasteiger partial charge in [-0.3, -0.25) is 4.79 Å². The number of methoxy groups -OCH3 is 1. The maximum atomic E-state index is 12.3. The molecular weight excluding hydrogens is 224 g/mol. The number of fused-ring (bicyclic) bond motifs is 3. The van der Waals surface area contributed by atoms with E-state index >= 15 is 0 Å². The number of ether oxygens (including phenoxy) is 1. The van der Waals surface area contributed by atoms with Crippen molar-refractivity contribution in [3.05, 3.63) is 24.3 Å². The Labute approximate surface area is 110 Å². The fourth-order valence-corrected chi connectivity index (χ4v) is 4.03. The highest BCUT2D eigenvalue weighted by Crippen LogP contribution is 2.56.